The summed E-state index contributed by atoms with van der Waals surface area (Å²) < 4.78 is 52.6. The molecule has 0 aliphatic heterocycles. The lowest BCUT2D eigenvalue weighted by Crippen LogP contribution is -2.21. The Morgan fingerprint density at radius 2 is 1.75 bits per heavy atom. The molecular weight excluding hydrogens is 272 g/mol. The van der Waals surface area contributed by atoms with E-state index in [1.165, 1.54) is 4.57 Å². The Morgan fingerprint density at radius 3 is 2.30 bits per heavy atom. The highest BCUT2D eigenvalue weighted by molar-refractivity contribution is 5.21. The molecule has 0 spiro atoms. The van der Waals surface area contributed by atoms with Gasteiger partial charge in [-0.05, 0) is 19.4 Å². The first-order valence-electron chi connectivity index (χ1n) is 6.09. The van der Waals surface area contributed by atoms with E-state index < -0.39 is 18.2 Å². The van der Waals surface area contributed by atoms with Crippen molar-refractivity contribution in [2.45, 2.75) is 32.7 Å². The molecule has 0 bridgehead atoms. The number of alkyl halides is 4. The van der Waals surface area contributed by atoms with Crippen LogP contribution in [-0.4, -0.2) is 15.7 Å². The van der Waals surface area contributed by atoms with Crippen molar-refractivity contribution in [2.75, 3.05) is 0 Å². The quantitative estimate of drug-likeness (QED) is 0.776. The third-order valence-corrected chi connectivity index (χ3v) is 3.18. The van der Waals surface area contributed by atoms with Crippen LogP contribution in [-0.2, 0) is 6.54 Å². The van der Waals surface area contributed by atoms with Gasteiger partial charge < -0.3 is 4.57 Å². The minimum absolute atomic E-state index is 0.166. The fraction of sp³-hybridized carbons (Fsp3) is 0.357. The summed E-state index contributed by atoms with van der Waals surface area (Å²) >= 11 is 0. The Bertz CT molecular complexity index is 587. The maximum Gasteiger partial charge on any atom is 0.427 e. The maximum absolute atomic E-state index is 13.6. The van der Waals surface area contributed by atoms with Gasteiger partial charge in [0.25, 0.3) is 6.17 Å². The lowest BCUT2D eigenvalue weighted by molar-refractivity contribution is -0.185. The van der Waals surface area contributed by atoms with Crippen molar-refractivity contribution in [3.8, 4) is 0 Å². The molecule has 2 nitrogen and oxygen atoms in total. The Hall–Kier alpha value is -1.85. The van der Waals surface area contributed by atoms with Gasteiger partial charge in [-0.15, -0.1) is 0 Å². The van der Waals surface area contributed by atoms with Gasteiger partial charge in [-0.3, -0.25) is 0 Å². The van der Waals surface area contributed by atoms with E-state index in [9.17, 15) is 17.6 Å². The molecule has 0 amide bonds. The van der Waals surface area contributed by atoms with Crippen LogP contribution in [0, 0.1) is 13.8 Å². The average molecular weight is 286 g/mol. The molecule has 0 fully saturated rings. The van der Waals surface area contributed by atoms with Crippen LogP contribution in [0.5, 0.6) is 0 Å². The smallest absolute Gasteiger partial charge is 0.325 e. The number of halogens is 4. The average Bonchev–Trinajstić information content (AvgIpc) is 2.66. The summed E-state index contributed by atoms with van der Waals surface area (Å²) in [5.74, 6) is -0.587. The molecule has 2 aromatic rings. The fourth-order valence-electron chi connectivity index (χ4n) is 1.99. The van der Waals surface area contributed by atoms with Crippen molar-refractivity contribution in [3.63, 3.8) is 0 Å². The van der Waals surface area contributed by atoms with Gasteiger partial charge in [-0.1, -0.05) is 30.3 Å². The van der Waals surface area contributed by atoms with Crippen molar-refractivity contribution in [1.82, 2.24) is 9.55 Å². The van der Waals surface area contributed by atoms with E-state index in [0.717, 1.165) is 5.56 Å². The van der Waals surface area contributed by atoms with Crippen LogP contribution >= 0.6 is 0 Å². The highest BCUT2D eigenvalue weighted by atomic mass is 19.4. The molecule has 0 radical (unpaired) electrons. The molecule has 0 saturated heterocycles. The summed E-state index contributed by atoms with van der Waals surface area (Å²) in [5, 5.41) is 0. The lowest BCUT2D eigenvalue weighted by Gasteiger charge is -2.15. The number of aromatic nitrogens is 2. The van der Waals surface area contributed by atoms with Crippen LogP contribution in [0.15, 0.2) is 30.3 Å². The van der Waals surface area contributed by atoms with E-state index >= 15 is 0 Å². The standard InChI is InChI=1S/C14H14F4N2/c1-9-10(2)20(8-11-6-4-3-5-7-11)13(19-9)12(15)14(16,17)18/h3-7,12H,8H2,1-2H3. The van der Waals surface area contributed by atoms with Gasteiger partial charge in [0.2, 0.25) is 0 Å². The zero-order chi connectivity index (χ0) is 14.9. The lowest BCUT2D eigenvalue weighted by atomic mass is 10.2. The number of benzene rings is 1. The largest absolute Gasteiger partial charge is 0.427 e. The summed E-state index contributed by atoms with van der Waals surface area (Å²) in [6, 6.07) is 8.93. The molecule has 0 N–H and O–H groups in total. The second-order valence-electron chi connectivity index (χ2n) is 4.62. The number of hydrogen-bond donors (Lipinski definition) is 0. The number of hydrogen-bond acceptors (Lipinski definition) is 1. The molecule has 6 heteroatoms. The van der Waals surface area contributed by atoms with E-state index in [1.807, 2.05) is 6.07 Å². The molecule has 0 aliphatic rings. The molecule has 0 saturated carbocycles. The number of aryl methyl sites for hydroxylation is 1. The first kappa shape index (κ1) is 14.6. The number of imidazole rings is 1. The van der Waals surface area contributed by atoms with E-state index in [-0.39, 0.29) is 6.54 Å². The summed E-state index contributed by atoms with van der Waals surface area (Å²) in [6.07, 6.45) is -8.02. The molecule has 1 aromatic heterocycles. The fourth-order valence-corrected chi connectivity index (χ4v) is 1.99. The van der Waals surface area contributed by atoms with Gasteiger partial charge in [0.05, 0.1) is 5.69 Å². The van der Waals surface area contributed by atoms with Gasteiger partial charge in [-0.25, -0.2) is 9.37 Å². The number of nitrogens with zero attached hydrogens (tertiary/aromatic N) is 2. The van der Waals surface area contributed by atoms with Crippen LogP contribution in [0.2, 0.25) is 0 Å². The topological polar surface area (TPSA) is 17.8 Å². The second-order valence-corrected chi connectivity index (χ2v) is 4.62. The summed E-state index contributed by atoms with van der Waals surface area (Å²) in [5.41, 5.74) is 1.74. The van der Waals surface area contributed by atoms with Crippen molar-refractivity contribution < 1.29 is 17.6 Å². The Balaban J connectivity index is 2.42. The van der Waals surface area contributed by atoms with Crippen molar-refractivity contribution in [1.29, 1.82) is 0 Å². The van der Waals surface area contributed by atoms with Crippen LogP contribution in [0.3, 0.4) is 0 Å². The van der Waals surface area contributed by atoms with Crippen LogP contribution in [0.25, 0.3) is 0 Å². The highest BCUT2D eigenvalue weighted by Crippen LogP contribution is 2.36. The van der Waals surface area contributed by atoms with Gasteiger partial charge in [-0.2, -0.15) is 13.2 Å². The van der Waals surface area contributed by atoms with Crippen LogP contribution < -0.4 is 0 Å². The van der Waals surface area contributed by atoms with E-state index in [1.54, 1.807) is 38.1 Å². The van der Waals surface area contributed by atoms with Crippen molar-refractivity contribution in [3.05, 3.63) is 53.1 Å². The third-order valence-electron chi connectivity index (χ3n) is 3.18. The van der Waals surface area contributed by atoms with Crippen molar-refractivity contribution >= 4 is 0 Å². The first-order chi connectivity index (χ1) is 9.30. The Kier molecular flexibility index (Phi) is 3.83. The molecule has 1 atom stereocenters. The van der Waals surface area contributed by atoms with Gasteiger partial charge in [0.1, 0.15) is 0 Å². The minimum atomic E-state index is -4.95. The minimum Gasteiger partial charge on any atom is -0.325 e. The predicted octanol–water partition coefficient (Wildman–Crippen LogP) is 4.12. The number of rotatable bonds is 3. The maximum atomic E-state index is 13.6. The predicted molar refractivity (Wildman–Crippen MR) is 67.1 cm³/mol. The van der Waals surface area contributed by atoms with Crippen LogP contribution in [0.4, 0.5) is 17.6 Å². The summed E-state index contributed by atoms with van der Waals surface area (Å²) in [6.45, 7) is 3.38. The van der Waals surface area contributed by atoms with Crippen LogP contribution in [0.1, 0.15) is 28.9 Å². The Morgan fingerprint density at radius 1 is 1.15 bits per heavy atom. The van der Waals surface area contributed by atoms with Gasteiger partial charge in [0, 0.05) is 12.2 Å². The zero-order valence-corrected chi connectivity index (χ0v) is 11.1. The Labute approximate surface area is 114 Å². The first-order valence-corrected chi connectivity index (χ1v) is 6.09. The molecule has 1 heterocycles. The van der Waals surface area contributed by atoms with E-state index in [2.05, 4.69) is 4.98 Å². The van der Waals surface area contributed by atoms with Gasteiger partial charge >= 0.3 is 6.18 Å². The summed E-state index contributed by atoms with van der Waals surface area (Å²) in [4.78, 5) is 3.74. The normalized spacial score (nSPS) is 13.5. The molecular formula is C14H14F4N2. The zero-order valence-electron chi connectivity index (χ0n) is 11.1. The van der Waals surface area contributed by atoms with E-state index in [4.69, 9.17) is 0 Å². The third kappa shape index (κ3) is 2.84. The SMILES string of the molecule is Cc1nc(C(F)C(F)(F)F)n(Cc2ccccc2)c1C. The molecule has 1 unspecified atom stereocenters. The molecule has 2 rings (SSSR count). The molecule has 0 aliphatic carbocycles. The highest BCUT2D eigenvalue weighted by Gasteiger charge is 2.44. The van der Waals surface area contributed by atoms with Crippen molar-refractivity contribution in [2.24, 2.45) is 0 Å². The molecule has 108 valence electrons. The second kappa shape index (κ2) is 5.26. The molecule has 20 heavy (non-hydrogen) atoms. The summed E-state index contributed by atoms with van der Waals surface area (Å²) in [7, 11) is 0. The van der Waals surface area contributed by atoms with E-state index in [0.29, 0.717) is 11.4 Å². The monoisotopic (exact) mass is 286 g/mol. The van der Waals surface area contributed by atoms with Gasteiger partial charge in [0.15, 0.2) is 5.82 Å². The molecule has 1 aromatic carbocycles.